The van der Waals surface area contributed by atoms with Crippen LogP contribution < -0.4 is 0 Å². The Kier molecular flexibility index (Phi) is 7.15. The molecule has 1 saturated heterocycles. The largest absolute Gasteiger partial charge is 0.394 e. The Morgan fingerprint density at radius 3 is 2.45 bits per heavy atom. The molecule has 1 unspecified atom stereocenters. The van der Waals surface area contributed by atoms with E-state index in [4.69, 9.17) is 16.3 Å². The summed E-state index contributed by atoms with van der Waals surface area (Å²) in [7, 11) is 1.89. The van der Waals surface area contributed by atoms with Crippen LogP contribution in [0.5, 0.6) is 0 Å². The zero-order chi connectivity index (χ0) is 23.5. The molecule has 0 aliphatic carbocycles. The van der Waals surface area contributed by atoms with Crippen molar-refractivity contribution in [2.75, 3.05) is 6.61 Å². The van der Waals surface area contributed by atoms with Gasteiger partial charge in [0, 0.05) is 23.8 Å². The van der Waals surface area contributed by atoms with E-state index in [0.717, 1.165) is 16.7 Å². The van der Waals surface area contributed by atoms with Crippen molar-refractivity contribution in [3.63, 3.8) is 0 Å². The highest BCUT2D eigenvalue weighted by Gasteiger charge is 2.44. The van der Waals surface area contributed by atoms with Crippen molar-refractivity contribution in [1.82, 2.24) is 9.55 Å². The molecule has 5 atom stereocenters. The quantitative estimate of drug-likeness (QED) is 0.433. The average Bonchev–Trinajstić information content (AvgIpc) is 3.24. The van der Waals surface area contributed by atoms with Gasteiger partial charge >= 0.3 is 0 Å². The van der Waals surface area contributed by atoms with E-state index >= 15 is 0 Å². The van der Waals surface area contributed by atoms with Crippen LogP contribution in [0.4, 0.5) is 0 Å². The van der Waals surface area contributed by atoms with Gasteiger partial charge in [0.15, 0.2) is 0 Å². The molecule has 8 heteroatoms. The minimum absolute atomic E-state index is 0.475. The van der Waals surface area contributed by atoms with Crippen LogP contribution in [0.2, 0.25) is 5.02 Å². The molecule has 172 valence electrons. The molecule has 7 nitrogen and oxygen atoms in total. The van der Waals surface area contributed by atoms with E-state index in [0.29, 0.717) is 22.7 Å². The maximum atomic E-state index is 10.4. The average molecular weight is 469 g/mol. The molecule has 0 radical (unpaired) electrons. The molecule has 1 fully saturated rings. The first-order valence-corrected chi connectivity index (χ1v) is 10.9. The van der Waals surface area contributed by atoms with Crippen LogP contribution in [0.1, 0.15) is 34.1 Å². The van der Waals surface area contributed by atoms with Gasteiger partial charge < -0.3 is 29.7 Å². The molecule has 0 bridgehead atoms. The van der Waals surface area contributed by atoms with Crippen molar-refractivity contribution in [3.05, 3.63) is 88.0 Å². The Balaban J connectivity index is 1.51. The number of aliphatic hydroxyl groups is 4. The molecule has 1 aromatic heterocycles. The fraction of sp³-hybridized carbons (Fsp3) is 0.320. The standard InChI is InChI=1S/C25H25ClN2O5/c1-28-12-19(27-14-28)8-6-15-2-4-16(5-3-15)10-18-11-17(7-9-20(18)26)25-24(32)23(31)22(30)21(13-29)33-25/h2-5,7,9,11-12,14,21-25,29-32H,10,13H2,1H3/t21-,22-,23?,24-,25+/m1/s1. The first-order chi connectivity index (χ1) is 15.9. The molecule has 1 aliphatic rings. The molecule has 4 rings (SSSR count). The number of aryl methyl sites for hydroxylation is 1. The minimum atomic E-state index is -1.43. The summed E-state index contributed by atoms with van der Waals surface area (Å²) in [4.78, 5) is 4.19. The van der Waals surface area contributed by atoms with Crippen LogP contribution in [-0.4, -0.2) is 61.0 Å². The normalized spacial score (nSPS) is 24.8. The van der Waals surface area contributed by atoms with Crippen LogP contribution in [-0.2, 0) is 18.2 Å². The van der Waals surface area contributed by atoms with Crippen LogP contribution in [0.15, 0.2) is 55.0 Å². The lowest BCUT2D eigenvalue weighted by molar-refractivity contribution is -0.231. The first kappa shape index (κ1) is 23.5. The summed E-state index contributed by atoms with van der Waals surface area (Å²) >= 11 is 6.42. The van der Waals surface area contributed by atoms with Gasteiger partial charge in [0.05, 0.1) is 12.9 Å². The van der Waals surface area contributed by atoms with Gasteiger partial charge in [0.1, 0.15) is 36.2 Å². The van der Waals surface area contributed by atoms with Crippen molar-refractivity contribution < 1.29 is 25.2 Å². The molecule has 0 amide bonds. The molecule has 0 spiro atoms. The maximum Gasteiger partial charge on any atom is 0.131 e. The number of aromatic nitrogens is 2. The predicted octanol–water partition coefficient (Wildman–Crippen LogP) is 1.58. The highest BCUT2D eigenvalue weighted by atomic mass is 35.5. The third-order valence-electron chi connectivity index (χ3n) is 5.68. The molecule has 0 saturated carbocycles. The number of imidazole rings is 1. The molecular formula is C25H25ClN2O5. The summed E-state index contributed by atoms with van der Waals surface area (Å²) in [6.07, 6.45) is -1.94. The van der Waals surface area contributed by atoms with Crippen LogP contribution in [0.3, 0.4) is 0 Å². The number of halogens is 1. The summed E-state index contributed by atoms with van der Waals surface area (Å²) in [5.41, 5.74) is 4.01. The van der Waals surface area contributed by atoms with Gasteiger partial charge in [0.2, 0.25) is 0 Å². The Morgan fingerprint density at radius 1 is 1.03 bits per heavy atom. The van der Waals surface area contributed by atoms with Gasteiger partial charge in [-0.05, 0) is 47.2 Å². The van der Waals surface area contributed by atoms with Gasteiger partial charge in [-0.3, -0.25) is 0 Å². The number of rotatable bonds is 4. The fourth-order valence-electron chi connectivity index (χ4n) is 3.82. The monoisotopic (exact) mass is 468 g/mol. The highest BCUT2D eigenvalue weighted by molar-refractivity contribution is 6.31. The Bertz CT molecular complexity index is 1170. The van der Waals surface area contributed by atoms with E-state index in [9.17, 15) is 20.4 Å². The smallest absolute Gasteiger partial charge is 0.131 e. The number of hydrogen-bond acceptors (Lipinski definition) is 6. The Labute approximate surface area is 196 Å². The van der Waals surface area contributed by atoms with Gasteiger partial charge in [-0.2, -0.15) is 0 Å². The van der Waals surface area contributed by atoms with Gasteiger partial charge in [-0.25, -0.2) is 4.98 Å². The van der Waals surface area contributed by atoms with Crippen molar-refractivity contribution in [2.45, 2.75) is 36.9 Å². The zero-order valence-electron chi connectivity index (χ0n) is 18.0. The van der Waals surface area contributed by atoms with Crippen molar-refractivity contribution in [3.8, 4) is 11.8 Å². The third kappa shape index (κ3) is 5.28. The third-order valence-corrected chi connectivity index (χ3v) is 6.05. The molecule has 4 N–H and O–H groups in total. The number of benzene rings is 2. The van der Waals surface area contributed by atoms with E-state index in [1.54, 1.807) is 18.5 Å². The summed E-state index contributed by atoms with van der Waals surface area (Å²) in [5, 5.41) is 40.5. The predicted molar refractivity (Wildman–Crippen MR) is 123 cm³/mol. The van der Waals surface area contributed by atoms with Crippen LogP contribution >= 0.6 is 11.6 Å². The number of ether oxygens (including phenoxy) is 1. The second-order valence-electron chi connectivity index (χ2n) is 8.15. The molecule has 2 heterocycles. The lowest BCUT2D eigenvalue weighted by Crippen LogP contribution is -2.55. The van der Waals surface area contributed by atoms with E-state index in [2.05, 4.69) is 16.8 Å². The van der Waals surface area contributed by atoms with Gasteiger partial charge in [-0.15, -0.1) is 0 Å². The second kappa shape index (κ2) is 10.1. The van der Waals surface area contributed by atoms with Crippen molar-refractivity contribution in [1.29, 1.82) is 0 Å². The second-order valence-corrected chi connectivity index (χ2v) is 8.56. The summed E-state index contributed by atoms with van der Waals surface area (Å²) in [6, 6.07) is 13.0. The summed E-state index contributed by atoms with van der Waals surface area (Å²) in [6.45, 7) is -0.475. The van der Waals surface area contributed by atoms with Crippen molar-refractivity contribution in [2.24, 2.45) is 7.05 Å². The molecule has 33 heavy (non-hydrogen) atoms. The molecular weight excluding hydrogens is 444 g/mol. The zero-order valence-corrected chi connectivity index (χ0v) is 18.7. The molecule has 2 aromatic carbocycles. The Morgan fingerprint density at radius 2 is 1.79 bits per heavy atom. The molecule has 3 aromatic rings. The van der Waals surface area contributed by atoms with Gasteiger partial charge in [-0.1, -0.05) is 41.8 Å². The van der Waals surface area contributed by atoms with E-state index in [1.807, 2.05) is 48.1 Å². The molecule has 1 aliphatic heterocycles. The maximum absolute atomic E-state index is 10.4. The topological polar surface area (TPSA) is 108 Å². The number of hydrogen-bond donors (Lipinski definition) is 4. The highest BCUT2D eigenvalue weighted by Crippen LogP contribution is 2.34. The summed E-state index contributed by atoms with van der Waals surface area (Å²) in [5.74, 6) is 6.12. The van der Waals surface area contributed by atoms with Crippen LogP contribution in [0.25, 0.3) is 0 Å². The minimum Gasteiger partial charge on any atom is -0.394 e. The van der Waals surface area contributed by atoms with E-state index in [1.165, 1.54) is 0 Å². The fourth-order valence-corrected chi connectivity index (χ4v) is 4.01. The SMILES string of the molecule is Cn1cnc(C#Cc2ccc(Cc3cc([C@@H]4O[C@H](CO)[C@@H](O)C(O)[C@H]4O)ccc3Cl)cc2)c1. The van der Waals surface area contributed by atoms with Gasteiger partial charge in [0.25, 0.3) is 0 Å². The Hall–Kier alpha value is -2.70. The first-order valence-electron chi connectivity index (χ1n) is 10.5. The lowest BCUT2D eigenvalue weighted by atomic mass is 9.90. The van der Waals surface area contributed by atoms with E-state index in [-0.39, 0.29) is 0 Å². The lowest BCUT2D eigenvalue weighted by Gasteiger charge is -2.40. The van der Waals surface area contributed by atoms with Crippen LogP contribution in [0, 0.1) is 11.8 Å². The number of aliphatic hydroxyl groups excluding tert-OH is 4. The van der Waals surface area contributed by atoms with Crippen molar-refractivity contribution >= 4 is 11.6 Å². The summed E-state index contributed by atoms with van der Waals surface area (Å²) < 4.78 is 7.51. The van der Waals surface area contributed by atoms with E-state index < -0.39 is 37.1 Å². The number of nitrogens with zero attached hydrogens (tertiary/aromatic N) is 2.